The molecule has 0 amide bonds. The van der Waals surface area contributed by atoms with Gasteiger partial charge in [0.1, 0.15) is 0 Å². The second kappa shape index (κ2) is 6.01. The number of nitriles is 1. The van der Waals surface area contributed by atoms with Gasteiger partial charge in [-0.1, -0.05) is 41.3 Å². The van der Waals surface area contributed by atoms with Crippen LogP contribution < -0.4 is 4.72 Å². The summed E-state index contributed by atoms with van der Waals surface area (Å²) >= 11 is 2.31. The molecule has 9 heteroatoms. The summed E-state index contributed by atoms with van der Waals surface area (Å²) in [5.41, 5.74) is 0. The minimum absolute atomic E-state index is 0.163. The Hall–Kier alpha value is -1.63. The Morgan fingerprint density at radius 3 is 2.74 bits per heavy atom. The molecule has 98 valence electrons. The predicted octanol–water partition coefficient (Wildman–Crippen LogP) is 1.95. The van der Waals surface area contributed by atoms with Gasteiger partial charge in [0.25, 0.3) is 10.0 Å². The highest BCUT2D eigenvalue weighted by atomic mass is 32.2. The van der Waals surface area contributed by atoms with E-state index in [1.54, 1.807) is 18.2 Å². The molecule has 19 heavy (non-hydrogen) atoms. The van der Waals surface area contributed by atoms with Gasteiger partial charge in [-0.2, -0.15) is 5.26 Å². The molecular formula is C10H8N4O2S3. The number of hydrogen-bond acceptors (Lipinski definition) is 7. The lowest BCUT2D eigenvalue weighted by Crippen LogP contribution is -2.12. The zero-order valence-corrected chi connectivity index (χ0v) is 11.9. The highest BCUT2D eigenvalue weighted by Gasteiger charge is 2.16. The first kappa shape index (κ1) is 13.8. The lowest BCUT2D eigenvalue weighted by atomic mass is 10.4. The van der Waals surface area contributed by atoms with Crippen molar-refractivity contribution >= 4 is 38.3 Å². The van der Waals surface area contributed by atoms with E-state index in [2.05, 4.69) is 14.9 Å². The van der Waals surface area contributed by atoms with Crippen LogP contribution in [0, 0.1) is 11.3 Å². The average molecular weight is 312 g/mol. The standard InChI is InChI=1S/C10H8N4O2S3/c11-6-7-17-10-13-12-9(18-10)14-19(15,16)8-4-2-1-3-5-8/h1-5H,7H2,(H,12,14). The van der Waals surface area contributed by atoms with Gasteiger partial charge in [0, 0.05) is 0 Å². The van der Waals surface area contributed by atoms with Crippen molar-refractivity contribution in [3.05, 3.63) is 30.3 Å². The number of thioether (sulfide) groups is 1. The average Bonchev–Trinajstić information content (AvgIpc) is 2.84. The monoisotopic (exact) mass is 312 g/mol. The SMILES string of the molecule is N#CCSc1nnc(NS(=O)(=O)c2ccccc2)s1. The lowest BCUT2D eigenvalue weighted by molar-refractivity contribution is 0.601. The topological polar surface area (TPSA) is 95.7 Å². The van der Waals surface area contributed by atoms with Gasteiger partial charge in [-0.25, -0.2) is 8.42 Å². The van der Waals surface area contributed by atoms with E-state index >= 15 is 0 Å². The Morgan fingerprint density at radius 2 is 2.05 bits per heavy atom. The van der Waals surface area contributed by atoms with Gasteiger partial charge in [-0.05, 0) is 12.1 Å². The molecule has 1 N–H and O–H groups in total. The van der Waals surface area contributed by atoms with Crippen LogP contribution in [-0.2, 0) is 10.0 Å². The fourth-order valence-electron chi connectivity index (χ4n) is 1.18. The number of aromatic nitrogens is 2. The molecule has 0 bridgehead atoms. The number of hydrogen-bond donors (Lipinski definition) is 1. The number of nitrogens with one attached hydrogen (secondary N) is 1. The third-order valence-corrected chi connectivity index (χ3v) is 5.26. The highest BCUT2D eigenvalue weighted by molar-refractivity contribution is 8.01. The first-order valence-electron chi connectivity index (χ1n) is 5.03. The van der Waals surface area contributed by atoms with Gasteiger partial charge >= 0.3 is 0 Å². The molecule has 0 radical (unpaired) electrons. The molecule has 0 aliphatic heterocycles. The molecule has 0 saturated heterocycles. The molecule has 1 heterocycles. The minimum Gasteiger partial charge on any atom is -0.253 e. The van der Waals surface area contributed by atoms with E-state index in [0.29, 0.717) is 4.34 Å². The van der Waals surface area contributed by atoms with Gasteiger partial charge in [0.2, 0.25) is 5.13 Å². The third kappa shape index (κ3) is 3.66. The molecule has 1 aromatic heterocycles. The number of rotatable bonds is 5. The Labute approximate surface area is 118 Å². The van der Waals surface area contributed by atoms with Crippen LogP contribution in [0.3, 0.4) is 0 Å². The zero-order chi connectivity index (χ0) is 13.7. The van der Waals surface area contributed by atoms with E-state index in [1.165, 1.54) is 23.9 Å². The molecule has 2 aromatic rings. The van der Waals surface area contributed by atoms with Crippen molar-refractivity contribution < 1.29 is 8.42 Å². The Kier molecular flexibility index (Phi) is 4.36. The van der Waals surface area contributed by atoms with Gasteiger partial charge in [-0.15, -0.1) is 10.2 Å². The summed E-state index contributed by atoms with van der Waals surface area (Å²) in [6, 6.07) is 9.97. The summed E-state index contributed by atoms with van der Waals surface area (Å²) in [7, 11) is -3.64. The Balaban J connectivity index is 2.13. The van der Waals surface area contributed by atoms with Gasteiger partial charge in [0.15, 0.2) is 4.34 Å². The normalized spacial score (nSPS) is 10.9. The van der Waals surface area contributed by atoms with Crippen molar-refractivity contribution in [3.8, 4) is 6.07 Å². The van der Waals surface area contributed by atoms with Crippen LogP contribution in [0.15, 0.2) is 39.6 Å². The molecule has 2 rings (SSSR count). The van der Waals surface area contributed by atoms with Crippen LogP contribution in [0.2, 0.25) is 0 Å². The van der Waals surface area contributed by atoms with Crippen LogP contribution >= 0.6 is 23.1 Å². The first-order chi connectivity index (χ1) is 9.12. The van der Waals surface area contributed by atoms with E-state index in [4.69, 9.17) is 5.26 Å². The minimum atomic E-state index is -3.64. The molecule has 0 unspecified atom stereocenters. The number of nitrogens with zero attached hydrogens (tertiary/aromatic N) is 3. The third-order valence-electron chi connectivity index (χ3n) is 1.94. The van der Waals surface area contributed by atoms with E-state index in [-0.39, 0.29) is 15.8 Å². The maximum Gasteiger partial charge on any atom is 0.263 e. The lowest BCUT2D eigenvalue weighted by Gasteiger charge is -2.03. The summed E-state index contributed by atoms with van der Waals surface area (Å²) in [5.74, 6) is 0.250. The number of anilines is 1. The van der Waals surface area contributed by atoms with Crippen LogP contribution in [0.5, 0.6) is 0 Å². The summed E-state index contributed by atoms with van der Waals surface area (Å²) in [6.07, 6.45) is 0. The van der Waals surface area contributed by atoms with Crippen LogP contribution in [0.25, 0.3) is 0 Å². The highest BCUT2D eigenvalue weighted by Crippen LogP contribution is 2.26. The Bertz CT molecular complexity index is 691. The number of sulfonamides is 1. The van der Waals surface area contributed by atoms with Crippen molar-refractivity contribution in [2.75, 3.05) is 10.5 Å². The van der Waals surface area contributed by atoms with E-state index < -0.39 is 10.0 Å². The fraction of sp³-hybridized carbons (Fsp3) is 0.100. The summed E-state index contributed by atoms with van der Waals surface area (Å²) in [4.78, 5) is 0.163. The number of benzene rings is 1. The van der Waals surface area contributed by atoms with E-state index in [1.807, 2.05) is 6.07 Å². The zero-order valence-electron chi connectivity index (χ0n) is 9.48. The molecule has 6 nitrogen and oxygen atoms in total. The van der Waals surface area contributed by atoms with Gasteiger partial charge in [0.05, 0.1) is 16.7 Å². The van der Waals surface area contributed by atoms with Crippen molar-refractivity contribution in [2.24, 2.45) is 0 Å². The van der Waals surface area contributed by atoms with Crippen molar-refractivity contribution in [1.82, 2.24) is 10.2 Å². The maximum absolute atomic E-state index is 12.0. The van der Waals surface area contributed by atoms with Gasteiger partial charge < -0.3 is 0 Å². The van der Waals surface area contributed by atoms with Crippen LogP contribution in [0.4, 0.5) is 5.13 Å². The van der Waals surface area contributed by atoms with Crippen LogP contribution in [-0.4, -0.2) is 24.4 Å². The molecule has 0 atom stereocenters. The first-order valence-corrected chi connectivity index (χ1v) is 8.31. The van der Waals surface area contributed by atoms with Gasteiger partial charge in [-0.3, -0.25) is 4.72 Å². The molecule has 0 spiro atoms. The summed E-state index contributed by atoms with van der Waals surface area (Å²) < 4.78 is 26.9. The van der Waals surface area contributed by atoms with Crippen LogP contribution in [0.1, 0.15) is 0 Å². The maximum atomic E-state index is 12.0. The van der Waals surface area contributed by atoms with E-state index in [0.717, 1.165) is 11.3 Å². The smallest absolute Gasteiger partial charge is 0.253 e. The molecule has 0 fully saturated rings. The molecule has 0 saturated carbocycles. The summed E-state index contributed by atoms with van der Waals surface area (Å²) in [6.45, 7) is 0. The predicted molar refractivity (Wildman–Crippen MR) is 73.5 cm³/mol. The second-order valence-electron chi connectivity index (χ2n) is 3.24. The Morgan fingerprint density at radius 1 is 1.32 bits per heavy atom. The van der Waals surface area contributed by atoms with Crippen molar-refractivity contribution in [3.63, 3.8) is 0 Å². The summed E-state index contributed by atoms with van der Waals surface area (Å²) in [5, 5.41) is 16.1. The molecule has 0 aliphatic carbocycles. The van der Waals surface area contributed by atoms with Crippen molar-refractivity contribution in [2.45, 2.75) is 9.24 Å². The van der Waals surface area contributed by atoms with Crippen molar-refractivity contribution in [1.29, 1.82) is 5.26 Å². The quantitative estimate of drug-likeness (QED) is 0.848. The van der Waals surface area contributed by atoms with E-state index in [9.17, 15) is 8.42 Å². The molecule has 1 aromatic carbocycles. The molecular weight excluding hydrogens is 304 g/mol. The molecule has 0 aliphatic rings. The second-order valence-corrected chi connectivity index (χ2v) is 7.12. The largest absolute Gasteiger partial charge is 0.263 e. The fourth-order valence-corrected chi connectivity index (χ4v) is 3.84.